The van der Waals surface area contributed by atoms with Gasteiger partial charge in [0, 0.05) is 18.7 Å². The van der Waals surface area contributed by atoms with Crippen LogP contribution in [0.4, 0.5) is 0 Å². The molecule has 0 aliphatic rings. The molecule has 1 aromatic heterocycles. The van der Waals surface area contributed by atoms with E-state index in [1.54, 1.807) is 0 Å². The van der Waals surface area contributed by atoms with E-state index in [2.05, 4.69) is 31.2 Å². The normalized spacial score (nSPS) is 12.3. The second kappa shape index (κ2) is 5.15. The Balaban J connectivity index is 2.84. The van der Waals surface area contributed by atoms with Crippen LogP contribution in [-0.4, -0.2) is 21.2 Å². The van der Waals surface area contributed by atoms with E-state index in [4.69, 9.17) is 0 Å². The number of nitrogens with one attached hydrogen (secondary N) is 1. The van der Waals surface area contributed by atoms with E-state index in [1.165, 1.54) is 19.2 Å². The summed E-state index contributed by atoms with van der Waals surface area (Å²) in [7, 11) is 1.53. The largest absolute Gasteiger partial charge is 0.346 e. The summed E-state index contributed by atoms with van der Waals surface area (Å²) >= 11 is 0. The highest BCUT2D eigenvalue weighted by Gasteiger charge is 2.27. The summed E-state index contributed by atoms with van der Waals surface area (Å²) in [5.41, 5.74) is -0.186. The number of carbonyl (C=O) groups excluding carboxylic acids is 1. The third-order valence-electron chi connectivity index (χ3n) is 2.62. The van der Waals surface area contributed by atoms with Gasteiger partial charge in [0.1, 0.15) is 5.69 Å². The second-order valence-electron chi connectivity index (χ2n) is 6.76. The Labute approximate surface area is 114 Å². The van der Waals surface area contributed by atoms with Crippen LogP contribution in [0.25, 0.3) is 0 Å². The van der Waals surface area contributed by atoms with Crippen LogP contribution in [0.2, 0.25) is 0 Å². The van der Waals surface area contributed by atoms with Gasteiger partial charge in [0.25, 0.3) is 11.5 Å². The Bertz CT molecular complexity index is 524. The van der Waals surface area contributed by atoms with Crippen molar-refractivity contribution < 1.29 is 4.79 Å². The van der Waals surface area contributed by atoms with E-state index in [0.717, 1.165) is 11.1 Å². The summed E-state index contributed by atoms with van der Waals surface area (Å²) in [6.07, 6.45) is 0.845. The number of carbonyl (C=O) groups is 1. The molecule has 0 atom stereocenters. The minimum atomic E-state index is -0.328. The number of hydrogen-bond donors (Lipinski definition) is 1. The maximum Gasteiger partial charge on any atom is 0.272 e. The summed E-state index contributed by atoms with van der Waals surface area (Å²) in [6, 6.07) is 2.80. The van der Waals surface area contributed by atoms with Gasteiger partial charge >= 0.3 is 0 Å². The quantitative estimate of drug-likeness (QED) is 0.905. The van der Waals surface area contributed by atoms with E-state index in [1.807, 2.05) is 13.8 Å². The summed E-state index contributed by atoms with van der Waals surface area (Å²) in [5.74, 6) is -0.259. The van der Waals surface area contributed by atoms with Crippen LogP contribution in [0.1, 0.15) is 51.5 Å². The molecule has 5 heteroatoms. The minimum absolute atomic E-state index is 0.119. The van der Waals surface area contributed by atoms with Crippen molar-refractivity contribution in [3.8, 4) is 0 Å². The molecule has 0 radical (unpaired) electrons. The molecule has 0 bridgehead atoms. The molecule has 0 saturated heterocycles. The van der Waals surface area contributed by atoms with Crippen LogP contribution in [-0.2, 0) is 7.05 Å². The van der Waals surface area contributed by atoms with Crippen LogP contribution in [0.3, 0.4) is 0 Å². The summed E-state index contributed by atoms with van der Waals surface area (Å²) in [4.78, 5) is 23.4. The molecule has 1 rings (SSSR count). The van der Waals surface area contributed by atoms with E-state index in [9.17, 15) is 9.59 Å². The van der Waals surface area contributed by atoms with Crippen LogP contribution in [0.15, 0.2) is 16.9 Å². The van der Waals surface area contributed by atoms with Gasteiger partial charge in [0.15, 0.2) is 0 Å². The van der Waals surface area contributed by atoms with Crippen molar-refractivity contribution in [1.29, 1.82) is 0 Å². The number of rotatable bonds is 3. The maximum atomic E-state index is 12.1. The van der Waals surface area contributed by atoms with E-state index in [0.29, 0.717) is 0 Å². The van der Waals surface area contributed by atoms with Gasteiger partial charge in [-0.25, -0.2) is 4.68 Å². The molecule has 1 aromatic rings. The summed E-state index contributed by atoms with van der Waals surface area (Å²) < 4.78 is 1.16. The highest BCUT2D eigenvalue weighted by molar-refractivity contribution is 5.92. The SMILES string of the molecule is Cn1nc(C(=O)NC(C)(C)CC(C)(C)C)ccc1=O. The highest BCUT2D eigenvalue weighted by atomic mass is 16.2. The predicted octanol–water partition coefficient (Wildman–Crippen LogP) is 1.72. The Hall–Kier alpha value is -1.65. The van der Waals surface area contributed by atoms with Crippen molar-refractivity contribution >= 4 is 5.91 Å². The molecular weight excluding hydrogens is 242 g/mol. The highest BCUT2D eigenvalue weighted by Crippen LogP contribution is 2.26. The maximum absolute atomic E-state index is 12.1. The van der Waals surface area contributed by atoms with E-state index in [-0.39, 0.29) is 28.1 Å². The zero-order valence-electron chi connectivity index (χ0n) is 12.6. The van der Waals surface area contributed by atoms with Gasteiger partial charge in [-0.15, -0.1) is 0 Å². The Morgan fingerprint density at radius 3 is 2.32 bits per heavy atom. The first-order valence-corrected chi connectivity index (χ1v) is 6.37. The van der Waals surface area contributed by atoms with E-state index >= 15 is 0 Å². The Morgan fingerprint density at radius 2 is 1.84 bits per heavy atom. The molecule has 5 nitrogen and oxygen atoms in total. The van der Waals surface area contributed by atoms with Gasteiger partial charge in [0.2, 0.25) is 0 Å². The average Bonchev–Trinajstić information content (AvgIpc) is 2.17. The zero-order chi connectivity index (χ0) is 14.8. The van der Waals surface area contributed by atoms with Gasteiger partial charge in [-0.3, -0.25) is 9.59 Å². The molecule has 1 heterocycles. The minimum Gasteiger partial charge on any atom is -0.346 e. The summed E-state index contributed by atoms with van der Waals surface area (Å²) in [6.45, 7) is 10.4. The molecule has 0 aliphatic carbocycles. The van der Waals surface area contributed by atoms with Crippen molar-refractivity contribution in [2.75, 3.05) is 0 Å². The fraction of sp³-hybridized carbons (Fsp3) is 0.643. The van der Waals surface area contributed by atoms with Gasteiger partial charge < -0.3 is 5.32 Å². The molecule has 0 unspecified atom stereocenters. The molecule has 0 aliphatic heterocycles. The number of amides is 1. The lowest BCUT2D eigenvalue weighted by Crippen LogP contribution is -2.46. The van der Waals surface area contributed by atoms with Crippen molar-refractivity contribution in [2.24, 2.45) is 12.5 Å². The second-order valence-corrected chi connectivity index (χ2v) is 6.76. The molecule has 19 heavy (non-hydrogen) atoms. The molecule has 0 fully saturated rings. The first kappa shape index (κ1) is 15.4. The predicted molar refractivity (Wildman–Crippen MR) is 75.1 cm³/mol. The molecule has 0 aromatic carbocycles. The molecule has 0 saturated carbocycles. The molecule has 106 valence electrons. The lowest BCUT2D eigenvalue weighted by molar-refractivity contribution is 0.0884. The smallest absolute Gasteiger partial charge is 0.272 e. The standard InChI is InChI=1S/C14H23N3O2/c1-13(2,3)9-14(4,5)15-12(19)10-7-8-11(18)17(6)16-10/h7-8H,9H2,1-6H3,(H,15,19). The first-order chi connectivity index (χ1) is 8.50. The molecule has 0 spiro atoms. The zero-order valence-corrected chi connectivity index (χ0v) is 12.6. The number of aryl methyl sites for hydroxylation is 1. The lowest BCUT2D eigenvalue weighted by atomic mass is 9.82. The molecule has 1 N–H and O–H groups in total. The van der Waals surface area contributed by atoms with Gasteiger partial charge in [-0.05, 0) is 31.7 Å². The monoisotopic (exact) mass is 265 g/mol. The third-order valence-corrected chi connectivity index (χ3v) is 2.62. The average molecular weight is 265 g/mol. The van der Waals surface area contributed by atoms with Crippen LogP contribution >= 0.6 is 0 Å². The first-order valence-electron chi connectivity index (χ1n) is 6.37. The Morgan fingerprint density at radius 1 is 1.26 bits per heavy atom. The van der Waals surface area contributed by atoms with Crippen LogP contribution in [0, 0.1) is 5.41 Å². The number of hydrogen-bond acceptors (Lipinski definition) is 3. The Kier molecular flexibility index (Phi) is 4.18. The summed E-state index contributed by atoms with van der Waals surface area (Å²) in [5, 5.41) is 6.90. The van der Waals surface area contributed by atoms with Crippen molar-refractivity contribution in [2.45, 2.75) is 46.6 Å². The third kappa shape index (κ3) is 4.85. The van der Waals surface area contributed by atoms with Crippen molar-refractivity contribution in [3.63, 3.8) is 0 Å². The van der Waals surface area contributed by atoms with Crippen LogP contribution < -0.4 is 10.9 Å². The number of aromatic nitrogens is 2. The van der Waals surface area contributed by atoms with E-state index < -0.39 is 0 Å². The van der Waals surface area contributed by atoms with Gasteiger partial charge in [-0.2, -0.15) is 5.10 Å². The lowest BCUT2D eigenvalue weighted by Gasteiger charge is -2.33. The fourth-order valence-electron chi connectivity index (χ4n) is 2.36. The van der Waals surface area contributed by atoms with Crippen molar-refractivity contribution in [3.05, 3.63) is 28.2 Å². The topological polar surface area (TPSA) is 64.0 Å². The number of nitrogens with zero attached hydrogens (tertiary/aromatic N) is 2. The molecular formula is C14H23N3O2. The van der Waals surface area contributed by atoms with Gasteiger partial charge in [0.05, 0.1) is 0 Å². The van der Waals surface area contributed by atoms with Crippen molar-refractivity contribution in [1.82, 2.24) is 15.1 Å². The molecule has 1 amide bonds. The van der Waals surface area contributed by atoms with Crippen LogP contribution in [0.5, 0.6) is 0 Å². The fourth-order valence-corrected chi connectivity index (χ4v) is 2.36. The van der Waals surface area contributed by atoms with Gasteiger partial charge in [-0.1, -0.05) is 20.8 Å².